The van der Waals surface area contributed by atoms with Gasteiger partial charge in [-0.05, 0) is 109 Å². The fourth-order valence-corrected chi connectivity index (χ4v) is 32.9. The Morgan fingerprint density at radius 3 is 1.44 bits per heavy atom. The molecule has 0 N–H and O–H groups in total. The molecule has 18 heteroatoms. The SMILES string of the molecule is Cc1ccc(S(=O)(=S)OCC[Si]2(C)O[Si](C)(CCSS(=O)(=O)c3ccccc3C)O[Si](C)(CCSS(=O)(=O)c3ccccc3C)O2)cc1. The quantitative estimate of drug-likeness (QED) is 0.114. The minimum absolute atomic E-state index is 0.0285. The second-order valence-corrected chi connectivity index (χ2v) is 33.8. The van der Waals surface area contributed by atoms with Crippen LogP contribution in [0.2, 0.25) is 37.8 Å². The molecule has 4 rings (SSSR count). The third kappa shape index (κ3) is 10.6. The fourth-order valence-electron chi connectivity index (χ4n) is 5.32. The molecule has 3 atom stereocenters. The molecule has 0 aromatic heterocycles. The second-order valence-electron chi connectivity index (χ2n) is 12.1. The maximum atomic E-state index is 13.3. The van der Waals surface area contributed by atoms with E-state index in [1.165, 1.54) is 0 Å². The molecule has 0 bridgehead atoms. The number of hydrogen-bond donors (Lipinski definition) is 0. The van der Waals surface area contributed by atoms with E-state index in [9.17, 15) is 21.0 Å². The van der Waals surface area contributed by atoms with Crippen LogP contribution in [0, 0.1) is 20.8 Å². The zero-order valence-corrected chi connectivity index (χ0v) is 35.7. The molecule has 3 unspecified atom stereocenters. The van der Waals surface area contributed by atoms with Crippen molar-refractivity contribution in [2.24, 2.45) is 0 Å². The van der Waals surface area contributed by atoms with Crippen LogP contribution in [0.1, 0.15) is 16.7 Å². The van der Waals surface area contributed by atoms with E-state index in [1.807, 2.05) is 38.7 Å². The zero-order valence-electron chi connectivity index (χ0n) is 27.8. The lowest BCUT2D eigenvalue weighted by molar-refractivity contribution is 0.218. The highest BCUT2D eigenvalue weighted by atomic mass is 33.1. The summed E-state index contributed by atoms with van der Waals surface area (Å²) in [6.07, 6.45) is 0. The minimum Gasteiger partial charge on any atom is -0.416 e. The van der Waals surface area contributed by atoms with Crippen molar-refractivity contribution in [3.8, 4) is 0 Å². The molecular formula is C30H42O9S6Si3. The van der Waals surface area contributed by atoms with Crippen LogP contribution in [0.25, 0.3) is 0 Å². The molecule has 0 radical (unpaired) electrons. The van der Waals surface area contributed by atoms with Crippen LogP contribution in [0.4, 0.5) is 0 Å². The Bertz CT molecular complexity index is 1830. The highest BCUT2D eigenvalue weighted by Crippen LogP contribution is 2.40. The highest BCUT2D eigenvalue weighted by Gasteiger charge is 2.56. The number of hydrogen-bond acceptors (Lipinski definition) is 12. The summed E-state index contributed by atoms with van der Waals surface area (Å²) in [6, 6.07) is 21.8. The molecule has 264 valence electrons. The van der Waals surface area contributed by atoms with Gasteiger partial charge in [-0.15, -0.1) is 0 Å². The first kappa shape index (κ1) is 39.9. The standard InChI is InChI=1S/C30H42O9S6Si3/c1-25-15-17-28(18-16-25)45(35,40)36-19-22-46(4)37-47(5,23-20-41-43(31,32)29-13-9-7-11-26(29)2)39-48(6,38-46)24-21-42-44(33,34)30-14-10-8-12-27(30)3/h7-18H,19-24H2,1-6H3. The number of aryl methyl sites for hydroxylation is 3. The van der Waals surface area contributed by atoms with E-state index in [4.69, 9.17) is 27.7 Å². The lowest BCUT2D eigenvalue weighted by Gasteiger charge is -2.50. The van der Waals surface area contributed by atoms with Crippen molar-refractivity contribution in [2.75, 3.05) is 18.1 Å². The molecule has 1 aliphatic rings. The molecule has 0 amide bonds. The van der Waals surface area contributed by atoms with Gasteiger partial charge < -0.3 is 12.3 Å². The first-order valence-corrected chi connectivity index (χ1v) is 31.2. The predicted molar refractivity (Wildman–Crippen MR) is 205 cm³/mol. The van der Waals surface area contributed by atoms with E-state index in [0.29, 0.717) is 34.2 Å². The molecule has 3 aromatic rings. The smallest absolute Gasteiger partial charge is 0.319 e. The Balaban J connectivity index is 1.50. The van der Waals surface area contributed by atoms with Gasteiger partial charge in [0.15, 0.2) is 8.77 Å². The van der Waals surface area contributed by atoms with Crippen LogP contribution in [0.5, 0.6) is 0 Å². The molecule has 48 heavy (non-hydrogen) atoms. The van der Waals surface area contributed by atoms with Gasteiger partial charge in [-0.25, -0.2) is 21.0 Å². The van der Waals surface area contributed by atoms with Gasteiger partial charge in [0, 0.05) is 28.7 Å². The fraction of sp³-hybridized carbons (Fsp3) is 0.400. The molecular weight excluding hydrogens is 781 g/mol. The summed E-state index contributed by atoms with van der Waals surface area (Å²) in [5, 5.41) is 0. The number of rotatable bonds is 15. The summed E-state index contributed by atoms with van der Waals surface area (Å²) in [7, 11) is -17.9. The van der Waals surface area contributed by atoms with Crippen LogP contribution in [-0.4, -0.2) is 64.8 Å². The Kier molecular flexibility index (Phi) is 13.1. The predicted octanol–water partition coefficient (Wildman–Crippen LogP) is 7.17. The van der Waals surface area contributed by atoms with Gasteiger partial charge >= 0.3 is 25.7 Å². The summed E-state index contributed by atoms with van der Waals surface area (Å²) < 4.78 is 91.8. The van der Waals surface area contributed by atoms with Crippen LogP contribution in [0.3, 0.4) is 0 Å². The van der Waals surface area contributed by atoms with Crippen molar-refractivity contribution >= 4 is 85.0 Å². The van der Waals surface area contributed by atoms with Crippen LogP contribution >= 0.6 is 21.6 Å². The highest BCUT2D eigenvalue weighted by molar-refractivity contribution is 8.72. The molecule has 0 saturated carbocycles. The first-order valence-electron chi connectivity index (χ1n) is 15.2. The topological polar surface area (TPSA) is 122 Å². The third-order valence-corrected chi connectivity index (χ3v) is 31.7. The molecule has 1 heterocycles. The van der Waals surface area contributed by atoms with Crippen LogP contribution in [-0.2, 0) is 54.2 Å². The van der Waals surface area contributed by atoms with Gasteiger partial charge in [0.2, 0.25) is 17.7 Å². The third-order valence-electron chi connectivity index (χ3n) is 7.71. The summed E-state index contributed by atoms with van der Waals surface area (Å²) in [6.45, 7) is 11.2. The van der Waals surface area contributed by atoms with Gasteiger partial charge in [-0.2, -0.15) is 0 Å². The molecule has 1 aliphatic heterocycles. The van der Waals surface area contributed by atoms with Gasteiger partial charge in [0.05, 0.1) is 21.3 Å². The average Bonchev–Trinajstić information content (AvgIpc) is 2.96. The molecule has 9 nitrogen and oxygen atoms in total. The van der Waals surface area contributed by atoms with E-state index in [2.05, 4.69) is 0 Å². The Labute approximate surface area is 301 Å². The molecule has 1 fully saturated rings. The normalized spacial score (nSPS) is 24.6. The maximum absolute atomic E-state index is 13.3. The Morgan fingerprint density at radius 1 is 0.625 bits per heavy atom. The zero-order chi connectivity index (χ0) is 35.4. The molecule has 1 saturated heterocycles. The van der Waals surface area contributed by atoms with E-state index in [1.54, 1.807) is 74.5 Å². The lowest BCUT2D eigenvalue weighted by Crippen LogP contribution is -2.67. The summed E-state index contributed by atoms with van der Waals surface area (Å²) in [5.74, 6) is 0.489. The van der Waals surface area contributed by atoms with Crippen molar-refractivity contribution in [1.82, 2.24) is 0 Å². The van der Waals surface area contributed by atoms with Gasteiger partial charge in [-0.1, -0.05) is 54.1 Å². The van der Waals surface area contributed by atoms with E-state index < -0.39 is 52.2 Å². The van der Waals surface area contributed by atoms with Crippen molar-refractivity contribution < 1.29 is 37.6 Å². The summed E-state index contributed by atoms with van der Waals surface area (Å²) in [5.41, 5.74) is 2.36. The molecule has 0 spiro atoms. The van der Waals surface area contributed by atoms with E-state index >= 15 is 0 Å². The van der Waals surface area contributed by atoms with Gasteiger partial charge in [0.1, 0.15) is 0 Å². The Morgan fingerprint density at radius 2 is 1.02 bits per heavy atom. The van der Waals surface area contributed by atoms with Crippen molar-refractivity contribution in [1.29, 1.82) is 0 Å². The maximum Gasteiger partial charge on any atom is 0.319 e. The molecule has 0 aliphatic carbocycles. The summed E-state index contributed by atoms with van der Waals surface area (Å²) >= 11 is 5.34. The summed E-state index contributed by atoms with van der Waals surface area (Å²) in [4.78, 5) is 0.972. The Hall–Kier alpha value is -0.879. The van der Waals surface area contributed by atoms with Crippen LogP contribution < -0.4 is 0 Å². The average molecular weight is 823 g/mol. The van der Waals surface area contributed by atoms with E-state index in [0.717, 1.165) is 27.2 Å². The molecule has 3 aromatic carbocycles. The monoisotopic (exact) mass is 822 g/mol. The first-order chi connectivity index (χ1) is 22.3. The van der Waals surface area contributed by atoms with Crippen LogP contribution in [0.15, 0.2) is 87.5 Å². The minimum atomic E-state index is -3.61. The van der Waals surface area contributed by atoms with Gasteiger partial charge in [0.25, 0.3) is 0 Å². The van der Waals surface area contributed by atoms with Crippen molar-refractivity contribution in [2.45, 2.75) is 73.2 Å². The second kappa shape index (κ2) is 15.8. The van der Waals surface area contributed by atoms with Crippen molar-refractivity contribution in [3.05, 3.63) is 89.5 Å². The number of benzene rings is 3. The lowest BCUT2D eigenvalue weighted by atomic mass is 10.2. The largest absolute Gasteiger partial charge is 0.416 e. The van der Waals surface area contributed by atoms with Crippen molar-refractivity contribution in [3.63, 3.8) is 0 Å². The van der Waals surface area contributed by atoms with E-state index in [-0.39, 0.29) is 27.9 Å². The van der Waals surface area contributed by atoms with Gasteiger partial charge in [-0.3, -0.25) is 4.18 Å².